The number of nitrogens with zero attached hydrogens (tertiary/aromatic N) is 3. The molecule has 0 bridgehead atoms. The SMILES string of the molecule is c1ccc(-n2c(-c3cc(-c4ccccn4)cc(-c4c5ccccc5cc5ccccc45)c3)nc3ccccc32)cc1. The zero-order valence-corrected chi connectivity index (χ0v) is 22.3. The molecule has 0 aliphatic rings. The number of para-hydroxylation sites is 3. The summed E-state index contributed by atoms with van der Waals surface area (Å²) >= 11 is 0. The van der Waals surface area contributed by atoms with Gasteiger partial charge in [0, 0.05) is 23.0 Å². The summed E-state index contributed by atoms with van der Waals surface area (Å²) in [6.07, 6.45) is 1.86. The number of rotatable bonds is 4. The molecule has 3 nitrogen and oxygen atoms in total. The summed E-state index contributed by atoms with van der Waals surface area (Å²) in [7, 11) is 0. The maximum Gasteiger partial charge on any atom is 0.145 e. The Hall–Kier alpha value is -5.54. The van der Waals surface area contributed by atoms with Crippen molar-refractivity contribution >= 4 is 32.6 Å². The summed E-state index contributed by atoms with van der Waals surface area (Å²) in [6, 6.07) is 51.3. The van der Waals surface area contributed by atoms with E-state index < -0.39 is 0 Å². The van der Waals surface area contributed by atoms with Gasteiger partial charge in [0.15, 0.2) is 0 Å². The van der Waals surface area contributed by atoms with E-state index in [9.17, 15) is 0 Å². The first-order chi connectivity index (χ1) is 20.3. The highest BCUT2D eigenvalue weighted by atomic mass is 15.1. The molecule has 0 saturated carbocycles. The van der Waals surface area contributed by atoms with Gasteiger partial charge in [-0.25, -0.2) is 4.98 Å². The third kappa shape index (κ3) is 3.98. The van der Waals surface area contributed by atoms with E-state index in [1.807, 2.05) is 30.5 Å². The highest BCUT2D eigenvalue weighted by molar-refractivity contribution is 6.13. The lowest BCUT2D eigenvalue weighted by Gasteiger charge is -2.16. The molecule has 41 heavy (non-hydrogen) atoms. The highest BCUT2D eigenvalue weighted by Crippen LogP contribution is 2.40. The van der Waals surface area contributed by atoms with Crippen LogP contribution in [0.2, 0.25) is 0 Å². The number of imidazole rings is 1. The zero-order valence-electron chi connectivity index (χ0n) is 22.3. The van der Waals surface area contributed by atoms with E-state index >= 15 is 0 Å². The second kappa shape index (κ2) is 9.58. The van der Waals surface area contributed by atoms with Crippen molar-refractivity contribution in [1.82, 2.24) is 14.5 Å². The zero-order chi connectivity index (χ0) is 27.2. The lowest BCUT2D eigenvalue weighted by Crippen LogP contribution is -1.98. The summed E-state index contributed by atoms with van der Waals surface area (Å²) < 4.78 is 2.26. The molecule has 0 saturated heterocycles. The number of benzene rings is 6. The molecule has 0 atom stereocenters. The van der Waals surface area contributed by atoms with Gasteiger partial charge in [0.1, 0.15) is 5.82 Å². The third-order valence-corrected chi connectivity index (χ3v) is 7.79. The van der Waals surface area contributed by atoms with Crippen LogP contribution < -0.4 is 0 Å². The fourth-order valence-electron chi connectivity index (χ4n) is 5.97. The Morgan fingerprint density at radius 3 is 1.88 bits per heavy atom. The number of hydrogen-bond acceptors (Lipinski definition) is 2. The van der Waals surface area contributed by atoms with E-state index in [-0.39, 0.29) is 0 Å². The summed E-state index contributed by atoms with van der Waals surface area (Å²) in [4.78, 5) is 9.94. The highest BCUT2D eigenvalue weighted by Gasteiger charge is 2.18. The van der Waals surface area contributed by atoms with Crippen LogP contribution in [0.3, 0.4) is 0 Å². The van der Waals surface area contributed by atoms with Gasteiger partial charge >= 0.3 is 0 Å². The van der Waals surface area contributed by atoms with Gasteiger partial charge in [0.05, 0.1) is 16.7 Å². The average molecular weight is 524 g/mol. The topological polar surface area (TPSA) is 30.7 Å². The van der Waals surface area contributed by atoms with Gasteiger partial charge in [-0.05, 0) is 93.3 Å². The number of aromatic nitrogens is 3. The molecule has 0 unspecified atom stereocenters. The average Bonchev–Trinajstić information content (AvgIpc) is 3.44. The number of pyridine rings is 1. The van der Waals surface area contributed by atoms with Gasteiger partial charge in [-0.2, -0.15) is 0 Å². The van der Waals surface area contributed by atoms with Crippen molar-refractivity contribution in [2.24, 2.45) is 0 Å². The quantitative estimate of drug-likeness (QED) is 0.215. The molecule has 2 aromatic heterocycles. The molecule has 0 aliphatic heterocycles. The van der Waals surface area contributed by atoms with Crippen molar-refractivity contribution < 1.29 is 0 Å². The van der Waals surface area contributed by atoms with Crippen molar-refractivity contribution in [3.63, 3.8) is 0 Å². The molecular formula is C38H25N3. The van der Waals surface area contributed by atoms with Crippen LogP contribution >= 0.6 is 0 Å². The van der Waals surface area contributed by atoms with E-state index in [0.717, 1.165) is 44.9 Å². The fraction of sp³-hybridized carbons (Fsp3) is 0. The first-order valence-corrected chi connectivity index (χ1v) is 13.8. The maximum atomic E-state index is 5.20. The Morgan fingerprint density at radius 2 is 1.12 bits per heavy atom. The molecule has 6 aromatic carbocycles. The summed E-state index contributed by atoms with van der Waals surface area (Å²) in [5.74, 6) is 0.904. The third-order valence-electron chi connectivity index (χ3n) is 7.79. The summed E-state index contributed by atoms with van der Waals surface area (Å²) in [5, 5.41) is 4.91. The Bertz CT molecular complexity index is 2140. The predicted molar refractivity (Wildman–Crippen MR) is 170 cm³/mol. The summed E-state index contributed by atoms with van der Waals surface area (Å²) in [5.41, 5.74) is 8.52. The van der Waals surface area contributed by atoms with Crippen LogP contribution in [0.25, 0.3) is 72.0 Å². The first kappa shape index (κ1) is 23.4. The molecule has 192 valence electrons. The number of hydrogen-bond donors (Lipinski definition) is 0. The standard InChI is InChI=1S/C38H25N3/c1-2-14-31(15-3-1)41-36-20-9-8-19-35(36)40-38(41)30-24-28(34-18-10-11-21-39-34)23-29(25-30)37-32-16-6-4-12-26(32)22-27-13-5-7-17-33(27)37/h1-25H. The van der Waals surface area contributed by atoms with Crippen LogP contribution in [0.4, 0.5) is 0 Å². The van der Waals surface area contributed by atoms with E-state index in [2.05, 4.69) is 126 Å². The molecule has 0 aliphatic carbocycles. The van der Waals surface area contributed by atoms with Crippen molar-refractivity contribution in [1.29, 1.82) is 0 Å². The van der Waals surface area contributed by atoms with Crippen molar-refractivity contribution in [2.75, 3.05) is 0 Å². The normalized spacial score (nSPS) is 11.4. The Kier molecular flexibility index (Phi) is 5.46. The maximum absolute atomic E-state index is 5.20. The molecule has 0 N–H and O–H groups in total. The minimum absolute atomic E-state index is 0.904. The minimum atomic E-state index is 0.904. The first-order valence-electron chi connectivity index (χ1n) is 13.8. The van der Waals surface area contributed by atoms with E-state index in [4.69, 9.17) is 9.97 Å². The molecule has 0 fully saturated rings. The molecule has 8 rings (SSSR count). The van der Waals surface area contributed by atoms with Gasteiger partial charge in [-0.1, -0.05) is 84.9 Å². The summed E-state index contributed by atoms with van der Waals surface area (Å²) in [6.45, 7) is 0. The Balaban J connectivity index is 1.48. The van der Waals surface area contributed by atoms with E-state index in [0.29, 0.717) is 0 Å². The molecule has 2 heterocycles. The van der Waals surface area contributed by atoms with Crippen molar-refractivity contribution in [3.8, 4) is 39.5 Å². The van der Waals surface area contributed by atoms with Gasteiger partial charge in [-0.3, -0.25) is 9.55 Å². The molecule has 0 spiro atoms. The largest absolute Gasteiger partial charge is 0.292 e. The molecule has 0 amide bonds. The van der Waals surface area contributed by atoms with Crippen LogP contribution in [-0.4, -0.2) is 14.5 Å². The molecule has 8 aromatic rings. The van der Waals surface area contributed by atoms with Crippen LogP contribution in [0.1, 0.15) is 0 Å². The van der Waals surface area contributed by atoms with Gasteiger partial charge in [-0.15, -0.1) is 0 Å². The second-order valence-corrected chi connectivity index (χ2v) is 10.3. The van der Waals surface area contributed by atoms with Gasteiger partial charge in [0.2, 0.25) is 0 Å². The monoisotopic (exact) mass is 523 g/mol. The van der Waals surface area contributed by atoms with E-state index in [1.54, 1.807) is 0 Å². The molecule has 0 radical (unpaired) electrons. The van der Waals surface area contributed by atoms with Crippen LogP contribution in [0.5, 0.6) is 0 Å². The second-order valence-electron chi connectivity index (χ2n) is 10.3. The fourth-order valence-corrected chi connectivity index (χ4v) is 5.97. The Labute approximate surface area is 238 Å². The smallest absolute Gasteiger partial charge is 0.145 e. The van der Waals surface area contributed by atoms with Gasteiger partial charge in [0.25, 0.3) is 0 Å². The molecule has 3 heteroatoms. The van der Waals surface area contributed by atoms with Gasteiger partial charge < -0.3 is 0 Å². The van der Waals surface area contributed by atoms with Crippen LogP contribution in [-0.2, 0) is 0 Å². The number of fused-ring (bicyclic) bond motifs is 3. The van der Waals surface area contributed by atoms with Crippen LogP contribution in [0.15, 0.2) is 152 Å². The minimum Gasteiger partial charge on any atom is -0.292 e. The molecular weight excluding hydrogens is 498 g/mol. The van der Waals surface area contributed by atoms with E-state index in [1.165, 1.54) is 27.1 Å². The lowest BCUT2D eigenvalue weighted by molar-refractivity contribution is 1.10. The lowest BCUT2D eigenvalue weighted by atomic mass is 9.90. The van der Waals surface area contributed by atoms with Crippen LogP contribution in [0, 0.1) is 0 Å². The Morgan fingerprint density at radius 1 is 0.488 bits per heavy atom. The van der Waals surface area contributed by atoms with Crippen molar-refractivity contribution in [3.05, 3.63) is 152 Å². The van der Waals surface area contributed by atoms with Crippen molar-refractivity contribution in [2.45, 2.75) is 0 Å². The predicted octanol–water partition coefficient (Wildman–Crippen LogP) is 9.73.